The molecule has 2 amide bonds. The number of aliphatic hydroxyl groups is 2. The Kier molecular flexibility index (Phi) is 8.54. The fraction of sp³-hybridized carbons (Fsp3) is 0.385. The van der Waals surface area contributed by atoms with Crippen molar-refractivity contribution < 1.29 is 34.4 Å². The Hall–Kier alpha value is -4.24. The van der Waals surface area contributed by atoms with Crippen molar-refractivity contribution in [2.75, 3.05) is 6.61 Å². The summed E-state index contributed by atoms with van der Waals surface area (Å²) in [5.74, 6) is -0.543. The van der Waals surface area contributed by atoms with E-state index >= 15 is 0 Å². The average Bonchev–Trinajstić information content (AvgIpc) is 3.31. The highest BCUT2D eigenvalue weighted by Crippen LogP contribution is 2.32. The summed E-state index contributed by atoms with van der Waals surface area (Å²) in [6, 6.07) is 11.0. The number of nitro groups is 2. The minimum absolute atomic E-state index is 0.0381. The molecule has 2 aromatic rings. The van der Waals surface area contributed by atoms with Gasteiger partial charge in [0.05, 0.1) is 28.6 Å². The van der Waals surface area contributed by atoms with Gasteiger partial charge in [0.2, 0.25) is 5.78 Å². The Morgan fingerprint density at radius 1 is 1.12 bits per heavy atom. The number of ketones is 1. The van der Waals surface area contributed by atoms with Gasteiger partial charge in [-0.2, -0.15) is 0 Å². The van der Waals surface area contributed by atoms with Crippen LogP contribution in [0.25, 0.3) is 0 Å². The highest BCUT2D eigenvalue weighted by molar-refractivity contribution is 6.07. The standard InChI is InChI=1S/C26H29N5O9/c27-26(24(34)17-7-2-1-3-8-17)18(14-29(25(35)28-26)23-13-21(33)22(15-32)40-23)9-5-4-6-16-10-11-19(30(36)37)12-20(16)31(38)39/h1-3,7-8,10-12,14,21-23,32-33H,4-6,9,13,15,27H2,(H,28,35)/t21-,22+,23+,26?/m0/s1. The molecule has 4 rings (SSSR count). The van der Waals surface area contributed by atoms with Crippen LogP contribution in [0, 0.1) is 20.2 Å². The van der Waals surface area contributed by atoms with E-state index in [1.165, 1.54) is 23.2 Å². The predicted molar refractivity (Wildman–Crippen MR) is 140 cm³/mol. The molecule has 4 atom stereocenters. The molecule has 0 saturated carbocycles. The predicted octanol–water partition coefficient (Wildman–Crippen LogP) is 2.13. The van der Waals surface area contributed by atoms with Crippen LogP contribution in [0.1, 0.15) is 41.6 Å². The maximum absolute atomic E-state index is 13.5. The Bertz CT molecular complexity index is 1340. The van der Waals surface area contributed by atoms with Gasteiger partial charge >= 0.3 is 6.03 Å². The van der Waals surface area contributed by atoms with Crippen LogP contribution in [0.4, 0.5) is 16.2 Å². The molecule has 1 unspecified atom stereocenters. The second-order valence-electron chi connectivity index (χ2n) is 9.64. The molecule has 2 aliphatic heterocycles. The molecule has 0 spiro atoms. The molecule has 14 nitrogen and oxygen atoms in total. The quantitative estimate of drug-likeness (QED) is 0.137. The number of benzene rings is 2. The summed E-state index contributed by atoms with van der Waals surface area (Å²) in [5.41, 5.74) is 4.88. The first kappa shape index (κ1) is 28.8. The number of nitrogens with one attached hydrogen (secondary N) is 1. The lowest BCUT2D eigenvalue weighted by Gasteiger charge is -2.40. The maximum atomic E-state index is 13.5. The molecule has 1 saturated heterocycles. The number of amides is 2. The van der Waals surface area contributed by atoms with Crippen molar-refractivity contribution in [3.8, 4) is 0 Å². The van der Waals surface area contributed by atoms with Crippen LogP contribution in [0.2, 0.25) is 0 Å². The van der Waals surface area contributed by atoms with Gasteiger partial charge in [0.15, 0.2) is 5.66 Å². The third kappa shape index (κ3) is 5.84. The number of nitrogens with two attached hydrogens (primary N) is 1. The number of aliphatic hydroxyl groups excluding tert-OH is 2. The van der Waals surface area contributed by atoms with Crippen LogP contribution in [0.5, 0.6) is 0 Å². The van der Waals surface area contributed by atoms with Crippen molar-refractivity contribution in [2.45, 2.75) is 56.2 Å². The van der Waals surface area contributed by atoms with Crippen LogP contribution >= 0.6 is 0 Å². The number of carbonyl (C=O) groups excluding carboxylic acids is 2. The number of aryl methyl sites for hydroxylation is 1. The van der Waals surface area contributed by atoms with E-state index in [1.54, 1.807) is 30.3 Å². The number of Topliss-reactive ketones (excluding diaryl/α,β-unsaturated/α-hetero) is 1. The Morgan fingerprint density at radius 2 is 1.82 bits per heavy atom. The third-order valence-electron chi connectivity index (χ3n) is 7.05. The van der Waals surface area contributed by atoms with E-state index < -0.39 is 52.4 Å². The second kappa shape index (κ2) is 11.9. The topological polar surface area (TPSA) is 211 Å². The van der Waals surface area contributed by atoms with Crippen molar-refractivity contribution in [1.29, 1.82) is 0 Å². The van der Waals surface area contributed by atoms with Crippen molar-refractivity contribution in [3.05, 3.63) is 91.7 Å². The summed E-state index contributed by atoms with van der Waals surface area (Å²) < 4.78 is 5.62. The number of nitrogens with zero attached hydrogens (tertiary/aromatic N) is 3. The van der Waals surface area contributed by atoms with Crippen molar-refractivity contribution in [3.63, 3.8) is 0 Å². The van der Waals surface area contributed by atoms with E-state index in [0.717, 1.165) is 6.07 Å². The highest BCUT2D eigenvalue weighted by Gasteiger charge is 2.47. The summed E-state index contributed by atoms with van der Waals surface area (Å²) in [5, 5.41) is 44.6. The Morgan fingerprint density at radius 3 is 2.45 bits per heavy atom. The molecule has 0 bridgehead atoms. The van der Waals surface area contributed by atoms with Crippen LogP contribution in [-0.4, -0.2) is 67.5 Å². The van der Waals surface area contributed by atoms with Gasteiger partial charge in [-0.15, -0.1) is 0 Å². The molecule has 0 aromatic heterocycles. The molecule has 0 aliphatic carbocycles. The third-order valence-corrected chi connectivity index (χ3v) is 7.05. The summed E-state index contributed by atoms with van der Waals surface area (Å²) in [7, 11) is 0. The fourth-order valence-corrected chi connectivity index (χ4v) is 4.87. The number of hydrogen-bond acceptors (Lipinski definition) is 10. The summed E-state index contributed by atoms with van der Waals surface area (Å²) >= 11 is 0. The van der Waals surface area contributed by atoms with Gasteiger partial charge in [-0.25, -0.2) is 4.79 Å². The van der Waals surface area contributed by atoms with E-state index in [2.05, 4.69) is 5.32 Å². The van der Waals surface area contributed by atoms with E-state index in [9.17, 15) is 40.0 Å². The molecular formula is C26H29N5O9. The second-order valence-corrected chi connectivity index (χ2v) is 9.64. The maximum Gasteiger partial charge on any atom is 0.325 e. The molecule has 5 N–H and O–H groups in total. The molecule has 14 heteroatoms. The normalized spacial score (nSPS) is 24.4. The van der Waals surface area contributed by atoms with E-state index in [0.29, 0.717) is 24.0 Å². The zero-order chi connectivity index (χ0) is 29.0. The van der Waals surface area contributed by atoms with Gasteiger partial charge in [0.1, 0.15) is 12.3 Å². The summed E-state index contributed by atoms with van der Waals surface area (Å²) in [6.07, 6.45) is -0.0510. The van der Waals surface area contributed by atoms with E-state index in [-0.39, 0.29) is 36.2 Å². The summed E-state index contributed by atoms with van der Waals surface area (Å²) in [6.45, 7) is -0.439. The van der Waals surface area contributed by atoms with Gasteiger partial charge in [-0.1, -0.05) is 30.3 Å². The number of hydrogen-bond donors (Lipinski definition) is 4. The fourth-order valence-electron chi connectivity index (χ4n) is 4.87. The molecule has 2 aromatic carbocycles. The van der Waals surface area contributed by atoms with Crippen molar-refractivity contribution in [1.82, 2.24) is 10.2 Å². The first-order valence-corrected chi connectivity index (χ1v) is 12.6. The molecule has 40 heavy (non-hydrogen) atoms. The molecule has 1 fully saturated rings. The minimum Gasteiger partial charge on any atom is -0.394 e. The molecular weight excluding hydrogens is 526 g/mol. The van der Waals surface area contributed by atoms with E-state index in [4.69, 9.17) is 10.5 Å². The van der Waals surface area contributed by atoms with Gasteiger partial charge in [-0.3, -0.25) is 35.7 Å². The lowest BCUT2D eigenvalue weighted by atomic mass is 9.86. The summed E-state index contributed by atoms with van der Waals surface area (Å²) in [4.78, 5) is 48.8. The zero-order valence-corrected chi connectivity index (χ0v) is 21.3. The number of urea groups is 1. The van der Waals surface area contributed by atoms with Crippen molar-refractivity contribution in [2.24, 2.45) is 5.73 Å². The minimum atomic E-state index is -1.89. The average molecular weight is 556 g/mol. The number of carbonyl (C=O) groups is 2. The lowest BCUT2D eigenvalue weighted by Crippen LogP contribution is -2.68. The number of rotatable bonds is 11. The Balaban J connectivity index is 1.56. The van der Waals surface area contributed by atoms with Gasteiger partial charge in [0.25, 0.3) is 11.4 Å². The zero-order valence-electron chi connectivity index (χ0n) is 21.3. The Labute approximate surface area is 228 Å². The monoisotopic (exact) mass is 555 g/mol. The molecule has 2 aliphatic rings. The SMILES string of the molecule is NC1(C(=O)c2ccccc2)NC(=O)N([C@H]2C[C@H](O)[C@@H](CO)O2)C=C1CCCCc1ccc([N+](=O)[O-])cc1[N+](=O)[O-]. The van der Waals surface area contributed by atoms with Crippen molar-refractivity contribution >= 4 is 23.2 Å². The molecule has 2 heterocycles. The van der Waals surface area contributed by atoms with E-state index in [1.807, 2.05) is 0 Å². The van der Waals surface area contributed by atoms with Crippen LogP contribution in [0.3, 0.4) is 0 Å². The first-order valence-electron chi connectivity index (χ1n) is 12.6. The van der Waals surface area contributed by atoms with Gasteiger partial charge in [-0.05, 0) is 37.3 Å². The van der Waals surface area contributed by atoms with Gasteiger partial charge in [0, 0.05) is 29.8 Å². The molecule has 0 radical (unpaired) electrons. The largest absolute Gasteiger partial charge is 0.394 e. The first-order chi connectivity index (χ1) is 19.0. The number of ether oxygens (including phenoxy) is 1. The van der Waals surface area contributed by atoms with Crippen LogP contribution in [-0.2, 0) is 11.2 Å². The molecule has 212 valence electrons. The van der Waals surface area contributed by atoms with Gasteiger partial charge < -0.3 is 20.3 Å². The lowest BCUT2D eigenvalue weighted by molar-refractivity contribution is -0.394. The number of non-ortho nitro benzene ring substituents is 1. The van der Waals surface area contributed by atoms with Crippen LogP contribution < -0.4 is 11.1 Å². The smallest absolute Gasteiger partial charge is 0.325 e. The highest BCUT2D eigenvalue weighted by atomic mass is 16.6. The number of nitro benzene ring substituents is 2. The van der Waals surface area contributed by atoms with Crippen LogP contribution in [0.15, 0.2) is 60.3 Å². The number of unbranched alkanes of at least 4 members (excludes halogenated alkanes) is 1.